The van der Waals surface area contributed by atoms with Gasteiger partial charge in [0, 0.05) is 32.6 Å². The van der Waals surface area contributed by atoms with E-state index in [1.165, 1.54) is 55.7 Å². The number of nitrogens with one attached hydrogen (secondary N) is 2. The van der Waals surface area contributed by atoms with Crippen molar-refractivity contribution in [3.8, 4) is 46.5 Å². The van der Waals surface area contributed by atoms with Crippen LogP contribution in [0.1, 0.15) is 147 Å². The van der Waals surface area contributed by atoms with Crippen LogP contribution in [0, 0.1) is 59.2 Å². The zero-order chi connectivity index (χ0) is 55.9. The van der Waals surface area contributed by atoms with Gasteiger partial charge in [0.1, 0.15) is 35.4 Å². The molecule has 0 spiro atoms. The predicted molar refractivity (Wildman–Crippen MR) is 329 cm³/mol. The first-order chi connectivity index (χ1) is 39.0. The lowest BCUT2D eigenvalue weighted by Crippen LogP contribution is -2.23. The first kappa shape index (κ1) is 52.9. The third kappa shape index (κ3) is 9.10. The number of aryl methyl sites for hydroxylation is 8. The number of benzene rings is 5. The highest BCUT2D eigenvalue weighted by atomic mass is 14.8. The van der Waals surface area contributed by atoms with E-state index in [1.807, 2.05) is 12.1 Å². The number of allylic oxidation sites excluding steroid dienone is 4. The van der Waals surface area contributed by atoms with E-state index in [4.69, 9.17) is 9.97 Å². The molecule has 8 aromatic rings. The van der Waals surface area contributed by atoms with E-state index < -0.39 is 0 Å². The molecule has 0 saturated carbocycles. The summed E-state index contributed by atoms with van der Waals surface area (Å²) < 4.78 is 0. The standard InChI is InChI=1S/C72H66N8/c1-9-53-41(5)69-67-57-25-17-23-47-29-27-45(31-61(47)57)19-13-15-21-49-33-60(52(39-75)40-76)50(34-59(49)51(37-73)38-74)22-16-14-20-46-28-30-48-24-18-26-58(62(48)32-46)68(71-42(6)54(10-2)64(78-71)35-63(53)77-69)72-44(8)56(12-4)66(80-72)36-65-55(11-3)43(7)70(67)79-65/h17-18,23-36,77,80H,9-16,19-22H2,1-8H3. The second-order valence-electron chi connectivity index (χ2n) is 21.9. The van der Waals surface area contributed by atoms with E-state index in [0.717, 1.165) is 164 Å². The van der Waals surface area contributed by atoms with Crippen LogP contribution in [0.2, 0.25) is 0 Å². The maximum absolute atomic E-state index is 10.3. The normalized spacial score (nSPS) is 13.7. The average molecular weight is 1040 g/mol. The Bertz CT molecular complexity index is 4180. The molecule has 6 aliphatic rings. The molecule has 3 aromatic heterocycles. The summed E-state index contributed by atoms with van der Waals surface area (Å²) in [6.07, 6.45) is 9.27. The second-order valence-corrected chi connectivity index (χ2v) is 21.9. The third-order valence-corrected chi connectivity index (χ3v) is 17.5. The van der Waals surface area contributed by atoms with Crippen LogP contribution in [0.4, 0.5) is 0 Å². The first-order valence-electron chi connectivity index (χ1n) is 28.7. The van der Waals surface area contributed by atoms with E-state index in [9.17, 15) is 21.0 Å². The van der Waals surface area contributed by atoms with Gasteiger partial charge in [0.05, 0.1) is 33.8 Å². The van der Waals surface area contributed by atoms with E-state index >= 15 is 0 Å². The van der Waals surface area contributed by atoms with Gasteiger partial charge in [0.25, 0.3) is 0 Å². The van der Waals surface area contributed by atoms with Crippen molar-refractivity contribution in [1.82, 2.24) is 19.9 Å². The molecule has 0 radical (unpaired) electrons. The Labute approximate surface area is 469 Å². The maximum Gasteiger partial charge on any atom is 0.137 e. The van der Waals surface area contributed by atoms with Gasteiger partial charge >= 0.3 is 0 Å². The molecule has 0 unspecified atom stereocenters. The summed E-state index contributed by atoms with van der Waals surface area (Å²) in [4.78, 5) is 19.7. The van der Waals surface area contributed by atoms with Gasteiger partial charge in [-0.05, 0) is 228 Å². The summed E-state index contributed by atoms with van der Waals surface area (Å²) in [6.45, 7) is 18.1. The average Bonchev–Trinajstić information content (AvgIpc) is 4.22. The van der Waals surface area contributed by atoms with Crippen molar-refractivity contribution < 1.29 is 0 Å². The maximum atomic E-state index is 10.3. The molecule has 394 valence electrons. The number of aromatic amines is 2. The van der Waals surface area contributed by atoms with Gasteiger partial charge in [0.15, 0.2) is 0 Å². The van der Waals surface area contributed by atoms with E-state index in [0.29, 0.717) is 23.3 Å². The Hall–Kier alpha value is -9.08. The first-order valence-corrected chi connectivity index (χ1v) is 28.7. The minimum absolute atomic E-state index is 0.0382. The molecule has 80 heavy (non-hydrogen) atoms. The molecule has 5 aromatic carbocycles. The summed E-state index contributed by atoms with van der Waals surface area (Å²) >= 11 is 0. The van der Waals surface area contributed by atoms with E-state index in [1.54, 1.807) is 0 Å². The molecule has 14 rings (SSSR count). The quantitative estimate of drug-likeness (QED) is 0.179. The van der Waals surface area contributed by atoms with Gasteiger partial charge < -0.3 is 9.97 Å². The summed E-state index contributed by atoms with van der Waals surface area (Å²) in [5.41, 5.74) is 26.4. The van der Waals surface area contributed by atoms with Crippen LogP contribution in [0.3, 0.4) is 0 Å². The molecule has 8 heteroatoms. The summed E-state index contributed by atoms with van der Waals surface area (Å²) in [5, 5.41) is 46.9. The Morgan fingerprint density at radius 1 is 0.475 bits per heavy atom. The van der Waals surface area contributed by atoms with E-state index in [-0.39, 0.29) is 11.1 Å². The van der Waals surface area contributed by atoms with Gasteiger partial charge in [-0.15, -0.1) is 0 Å². The fourth-order valence-corrected chi connectivity index (χ4v) is 13.4. The topological polar surface area (TPSA) is 153 Å². The number of H-pyrrole nitrogens is 2. The fourth-order valence-electron chi connectivity index (χ4n) is 13.4. The highest BCUT2D eigenvalue weighted by molar-refractivity contribution is 6.10. The monoisotopic (exact) mass is 1040 g/mol. The second kappa shape index (κ2) is 22.0. The number of nitrogens with zero attached hydrogens (tertiary/aromatic N) is 6. The van der Waals surface area contributed by atoms with Gasteiger partial charge in [-0.1, -0.05) is 100 Å². The van der Waals surface area contributed by atoms with Gasteiger partial charge in [-0.2, -0.15) is 21.0 Å². The lowest BCUT2D eigenvalue weighted by Gasteiger charge is -2.13. The molecule has 0 amide bonds. The summed E-state index contributed by atoms with van der Waals surface area (Å²) in [5.74, 6) is 0. The summed E-state index contributed by atoms with van der Waals surface area (Å²) in [6, 6.07) is 44.0. The lowest BCUT2D eigenvalue weighted by atomic mass is 9.91. The van der Waals surface area contributed by atoms with Crippen molar-refractivity contribution in [3.05, 3.63) is 175 Å². The Kier molecular flexibility index (Phi) is 14.5. The lowest BCUT2D eigenvalue weighted by molar-refractivity contribution is 0.724. The molecule has 0 atom stereocenters. The van der Waals surface area contributed by atoms with Crippen molar-refractivity contribution in [2.75, 3.05) is 0 Å². The Balaban J connectivity index is 1.27. The van der Waals surface area contributed by atoms with Crippen LogP contribution < -0.4 is 10.4 Å². The van der Waals surface area contributed by atoms with Crippen LogP contribution in [0.25, 0.3) is 99.3 Å². The SMILES string of the molecule is CCC1=C(C)c2nc1cc1[nH]c(c(C)c1CC)c1c3nc(cc4[nH]c(c(C)c4CC)c2-c2cccc4ccc(cc24)CCCCc2cc(=C(C#N)C#N)c(cc2=C(C#N)C#N)CCCCc2ccc4cccc-1c4c2)C(CC)=C3C. The molecular weight excluding hydrogens is 977 g/mol. The highest BCUT2D eigenvalue weighted by Crippen LogP contribution is 2.46. The van der Waals surface area contributed by atoms with Crippen LogP contribution in [0.15, 0.2) is 97.1 Å². The molecule has 2 N–H and O–H groups in total. The van der Waals surface area contributed by atoms with Crippen molar-refractivity contribution in [1.29, 1.82) is 21.0 Å². The smallest absolute Gasteiger partial charge is 0.137 e. The van der Waals surface area contributed by atoms with Crippen LogP contribution >= 0.6 is 0 Å². The molecule has 8 nitrogen and oxygen atoms in total. The molecule has 9 heterocycles. The fraction of sp³-hybridized carbons (Fsp3) is 0.278. The van der Waals surface area contributed by atoms with Crippen LogP contribution in [0.5, 0.6) is 0 Å². The minimum atomic E-state index is 0.0382. The number of aromatic nitrogens is 4. The van der Waals surface area contributed by atoms with Crippen molar-refractivity contribution in [2.24, 2.45) is 0 Å². The molecule has 0 saturated heterocycles. The van der Waals surface area contributed by atoms with Crippen molar-refractivity contribution >= 4 is 77.1 Å². The van der Waals surface area contributed by atoms with Crippen molar-refractivity contribution in [3.63, 3.8) is 0 Å². The molecule has 16 bridgehead atoms. The zero-order valence-electron chi connectivity index (χ0n) is 47.4. The van der Waals surface area contributed by atoms with Crippen LogP contribution in [-0.2, 0) is 38.5 Å². The number of hydrogen-bond donors (Lipinski definition) is 2. The number of rotatable bonds is 4. The number of hydrogen-bond acceptors (Lipinski definition) is 6. The van der Waals surface area contributed by atoms with Crippen molar-refractivity contribution in [2.45, 2.75) is 132 Å². The Morgan fingerprint density at radius 2 is 0.875 bits per heavy atom. The number of nitriles is 4. The molecule has 0 fully saturated rings. The van der Waals surface area contributed by atoms with E-state index in [2.05, 4.69) is 175 Å². The molecule has 6 aliphatic heterocycles. The third-order valence-electron chi connectivity index (χ3n) is 17.5. The van der Waals surface area contributed by atoms with Crippen LogP contribution in [-0.4, -0.2) is 19.9 Å². The van der Waals surface area contributed by atoms with Gasteiger partial charge in [-0.3, -0.25) is 0 Å². The minimum Gasteiger partial charge on any atom is -0.354 e. The zero-order valence-corrected chi connectivity index (χ0v) is 47.4. The molecule has 0 aliphatic carbocycles. The van der Waals surface area contributed by atoms with Gasteiger partial charge in [-0.25, -0.2) is 9.97 Å². The van der Waals surface area contributed by atoms with Gasteiger partial charge in [0.2, 0.25) is 0 Å². The molecular formula is C72H66N8. The summed E-state index contributed by atoms with van der Waals surface area (Å²) in [7, 11) is 0. The Morgan fingerprint density at radius 3 is 1.25 bits per heavy atom. The largest absolute Gasteiger partial charge is 0.354 e. The highest BCUT2D eigenvalue weighted by Gasteiger charge is 2.27. The predicted octanol–water partition coefficient (Wildman–Crippen LogP) is 16.2.